The topological polar surface area (TPSA) is 49.4 Å². The highest BCUT2D eigenvalue weighted by molar-refractivity contribution is 5.78. The summed E-state index contributed by atoms with van der Waals surface area (Å²) in [6.45, 7) is 2.45. The van der Waals surface area contributed by atoms with Crippen LogP contribution in [0.3, 0.4) is 0 Å². The fraction of sp³-hybridized carbons (Fsp3) is 0.263. The van der Waals surface area contributed by atoms with E-state index in [0.29, 0.717) is 25.2 Å². The van der Waals surface area contributed by atoms with Gasteiger partial charge < -0.3 is 10.2 Å². The molecule has 0 aromatic heterocycles. The molecule has 0 fully saturated rings. The van der Waals surface area contributed by atoms with Gasteiger partial charge in [-0.25, -0.2) is 8.78 Å². The number of benzene rings is 2. The molecule has 0 bridgehead atoms. The van der Waals surface area contributed by atoms with Crippen LogP contribution >= 0.6 is 0 Å². The van der Waals surface area contributed by atoms with Crippen LogP contribution in [0.4, 0.5) is 8.78 Å². The molecule has 0 radical (unpaired) electrons. The highest BCUT2D eigenvalue weighted by Gasteiger charge is 2.10. The first-order valence-electron chi connectivity index (χ1n) is 7.95. The van der Waals surface area contributed by atoms with Gasteiger partial charge in [0.15, 0.2) is 0 Å². The quantitative estimate of drug-likeness (QED) is 0.838. The summed E-state index contributed by atoms with van der Waals surface area (Å²) in [5.41, 5.74) is 1.53. The third kappa shape index (κ3) is 6.33. The van der Waals surface area contributed by atoms with Crippen LogP contribution in [-0.4, -0.2) is 29.8 Å². The SMILES string of the molecule is CC(=O)N(CCNC(=O)Cc1ccc(F)cc1)Cc1ccc(F)cc1. The molecule has 132 valence electrons. The number of carbonyl (C=O) groups excluding carboxylic acids is 2. The standard InChI is InChI=1S/C19H20F2N2O2/c1-14(24)23(13-16-4-8-18(21)9-5-16)11-10-22-19(25)12-15-2-6-17(20)7-3-15/h2-9H,10-13H2,1H3,(H,22,25). The zero-order valence-electron chi connectivity index (χ0n) is 14.0. The lowest BCUT2D eigenvalue weighted by atomic mass is 10.1. The molecule has 2 aromatic carbocycles. The number of nitrogens with one attached hydrogen (secondary N) is 1. The number of amides is 2. The van der Waals surface area contributed by atoms with Crippen molar-refractivity contribution in [3.63, 3.8) is 0 Å². The Morgan fingerprint density at radius 3 is 1.96 bits per heavy atom. The van der Waals surface area contributed by atoms with Gasteiger partial charge in [0, 0.05) is 26.6 Å². The fourth-order valence-corrected chi connectivity index (χ4v) is 2.34. The maximum Gasteiger partial charge on any atom is 0.224 e. The van der Waals surface area contributed by atoms with Gasteiger partial charge in [0.05, 0.1) is 6.42 Å². The molecule has 0 heterocycles. The van der Waals surface area contributed by atoms with Gasteiger partial charge >= 0.3 is 0 Å². The molecule has 0 saturated heterocycles. The minimum atomic E-state index is -0.345. The summed E-state index contributed by atoms with van der Waals surface area (Å²) in [7, 11) is 0. The molecule has 2 amide bonds. The zero-order chi connectivity index (χ0) is 18.2. The van der Waals surface area contributed by atoms with Crippen LogP contribution in [0, 0.1) is 11.6 Å². The number of halogens is 2. The van der Waals surface area contributed by atoms with Crippen molar-refractivity contribution >= 4 is 11.8 Å². The second-order valence-corrected chi connectivity index (χ2v) is 5.72. The second-order valence-electron chi connectivity index (χ2n) is 5.72. The fourth-order valence-electron chi connectivity index (χ4n) is 2.34. The van der Waals surface area contributed by atoms with Crippen molar-refractivity contribution in [3.05, 3.63) is 71.3 Å². The van der Waals surface area contributed by atoms with Crippen LogP contribution in [0.15, 0.2) is 48.5 Å². The Balaban J connectivity index is 1.80. The highest BCUT2D eigenvalue weighted by Crippen LogP contribution is 2.07. The lowest BCUT2D eigenvalue weighted by Crippen LogP contribution is -2.37. The van der Waals surface area contributed by atoms with Crippen LogP contribution in [0.1, 0.15) is 18.1 Å². The average molecular weight is 346 g/mol. The van der Waals surface area contributed by atoms with E-state index in [2.05, 4.69) is 5.32 Å². The minimum Gasteiger partial charge on any atom is -0.354 e. The average Bonchev–Trinajstić information content (AvgIpc) is 2.57. The maximum atomic E-state index is 12.9. The molecule has 0 atom stereocenters. The molecule has 2 rings (SSSR count). The molecule has 0 spiro atoms. The third-order valence-electron chi connectivity index (χ3n) is 3.71. The summed E-state index contributed by atoms with van der Waals surface area (Å²) < 4.78 is 25.8. The summed E-state index contributed by atoms with van der Waals surface area (Å²) in [5, 5.41) is 2.74. The van der Waals surface area contributed by atoms with Crippen LogP contribution in [0.2, 0.25) is 0 Å². The van der Waals surface area contributed by atoms with Gasteiger partial charge in [-0.1, -0.05) is 24.3 Å². The largest absolute Gasteiger partial charge is 0.354 e. The number of rotatable bonds is 7. The van der Waals surface area contributed by atoms with Crippen molar-refractivity contribution < 1.29 is 18.4 Å². The van der Waals surface area contributed by atoms with Crippen molar-refractivity contribution in [1.82, 2.24) is 10.2 Å². The minimum absolute atomic E-state index is 0.128. The van der Waals surface area contributed by atoms with Crippen molar-refractivity contribution in [2.75, 3.05) is 13.1 Å². The zero-order valence-corrected chi connectivity index (χ0v) is 14.0. The second kappa shape index (κ2) is 8.92. The van der Waals surface area contributed by atoms with Crippen LogP contribution in [-0.2, 0) is 22.6 Å². The smallest absolute Gasteiger partial charge is 0.224 e. The highest BCUT2D eigenvalue weighted by atomic mass is 19.1. The summed E-state index contributed by atoms with van der Waals surface area (Å²) in [4.78, 5) is 25.2. The first kappa shape index (κ1) is 18.6. The van der Waals surface area contributed by atoms with E-state index in [1.807, 2.05) is 0 Å². The molecule has 0 aliphatic heterocycles. The number of hydrogen-bond acceptors (Lipinski definition) is 2. The molecule has 6 heteroatoms. The van der Waals surface area contributed by atoms with E-state index in [9.17, 15) is 18.4 Å². The van der Waals surface area contributed by atoms with Crippen molar-refractivity contribution in [2.45, 2.75) is 19.9 Å². The van der Waals surface area contributed by atoms with Crippen LogP contribution in [0.5, 0.6) is 0 Å². The van der Waals surface area contributed by atoms with Crippen LogP contribution < -0.4 is 5.32 Å². The van der Waals surface area contributed by atoms with E-state index in [1.54, 1.807) is 29.2 Å². The van der Waals surface area contributed by atoms with Gasteiger partial charge in [-0.05, 0) is 35.4 Å². The Morgan fingerprint density at radius 2 is 1.44 bits per heavy atom. The summed E-state index contributed by atoms with van der Waals surface area (Å²) in [5.74, 6) is -0.998. The predicted octanol–water partition coefficient (Wildman–Crippen LogP) is 2.67. The maximum absolute atomic E-state index is 12.9. The molecule has 0 unspecified atom stereocenters. The Hall–Kier alpha value is -2.76. The first-order chi connectivity index (χ1) is 11.9. The molecule has 0 saturated carbocycles. The van der Waals surface area contributed by atoms with E-state index in [-0.39, 0.29) is 29.9 Å². The summed E-state index contributed by atoms with van der Waals surface area (Å²) >= 11 is 0. The van der Waals surface area contributed by atoms with Crippen LogP contribution in [0.25, 0.3) is 0 Å². The Morgan fingerprint density at radius 1 is 0.920 bits per heavy atom. The Kier molecular flexibility index (Phi) is 6.62. The van der Waals surface area contributed by atoms with E-state index < -0.39 is 0 Å². The molecule has 0 aliphatic carbocycles. The van der Waals surface area contributed by atoms with E-state index in [1.165, 1.54) is 31.2 Å². The van der Waals surface area contributed by atoms with Gasteiger partial charge in [-0.3, -0.25) is 9.59 Å². The Bertz CT molecular complexity index is 715. The molecule has 0 aliphatic rings. The number of hydrogen-bond donors (Lipinski definition) is 1. The van der Waals surface area contributed by atoms with Gasteiger partial charge in [-0.2, -0.15) is 0 Å². The van der Waals surface area contributed by atoms with Gasteiger partial charge in [0.25, 0.3) is 0 Å². The molecule has 4 nitrogen and oxygen atoms in total. The third-order valence-corrected chi connectivity index (χ3v) is 3.71. The predicted molar refractivity (Wildman–Crippen MR) is 90.6 cm³/mol. The molecule has 1 N–H and O–H groups in total. The van der Waals surface area contributed by atoms with E-state index in [4.69, 9.17) is 0 Å². The van der Waals surface area contributed by atoms with E-state index in [0.717, 1.165) is 5.56 Å². The molecule has 25 heavy (non-hydrogen) atoms. The summed E-state index contributed by atoms with van der Waals surface area (Å²) in [6, 6.07) is 11.7. The summed E-state index contributed by atoms with van der Waals surface area (Å²) in [6.07, 6.45) is 0.151. The van der Waals surface area contributed by atoms with E-state index >= 15 is 0 Å². The monoisotopic (exact) mass is 346 g/mol. The normalized spacial score (nSPS) is 10.4. The molecular formula is C19H20F2N2O2. The number of nitrogens with zero attached hydrogens (tertiary/aromatic N) is 1. The number of carbonyl (C=O) groups is 2. The first-order valence-corrected chi connectivity index (χ1v) is 7.95. The van der Waals surface area contributed by atoms with Crippen molar-refractivity contribution in [3.8, 4) is 0 Å². The Labute approximate surface area is 145 Å². The van der Waals surface area contributed by atoms with Gasteiger partial charge in [-0.15, -0.1) is 0 Å². The van der Waals surface area contributed by atoms with Gasteiger partial charge in [0.2, 0.25) is 11.8 Å². The lowest BCUT2D eigenvalue weighted by molar-refractivity contribution is -0.130. The lowest BCUT2D eigenvalue weighted by Gasteiger charge is -2.21. The molecular weight excluding hydrogens is 326 g/mol. The van der Waals surface area contributed by atoms with Crippen molar-refractivity contribution in [1.29, 1.82) is 0 Å². The van der Waals surface area contributed by atoms with Gasteiger partial charge in [0.1, 0.15) is 11.6 Å². The molecule has 2 aromatic rings. The van der Waals surface area contributed by atoms with Crippen molar-refractivity contribution in [2.24, 2.45) is 0 Å².